The normalized spacial score (nSPS) is 8.06. The third-order valence-corrected chi connectivity index (χ3v) is 3.37. The average Bonchev–Trinajstić information content (AvgIpc) is 2.86. The van der Waals surface area contributed by atoms with Gasteiger partial charge in [-0.25, -0.2) is 12.1 Å². The minimum atomic E-state index is 0. The Morgan fingerprint density at radius 2 is 1.17 bits per heavy atom. The van der Waals surface area contributed by atoms with Gasteiger partial charge >= 0.3 is 21.7 Å². The van der Waals surface area contributed by atoms with Gasteiger partial charge < -0.3 is 14.9 Å². The molecule has 2 rings (SSSR count). The third kappa shape index (κ3) is 5.37. The molecular weight excluding hydrogens is 252 g/mol. The molecule has 0 aromatic heterocycles. The van der Waals surface area contributed by atoms with Gasteiger partial charge in [0.25, 0.3) is 0 Å². The van der Waals surface area contributed by atoms with Crippen molar-refractivity contribution in [2.75, 3.05) is 0 Å². The summed E-state index contributed by atoms with van der Waals surface area (Å²) in [7, 11) is 0. The van der Waals surface area contributed by atoms with Crippen molar-refractivity contribution in [1.82, 2.24) is 0 Å². The molecule has 2 aromatic rings. The summed E-state index contributed by atoms with van der Waals surface area (Å²) in [5.41, 5.74) is 7.34. The summed E-state index contributed by atoms with van der Waals surface area (Å²) in [6.45, 7) is 11.0. The zero-order chi connectivity index (χ0) is 11.4. The van der Waals surface area contributed by atoms with Crippen LogP contribution in [-0.2, 0) is 21.7 Å². The maximum Gasteiger partial charge on any atom is 4.00 e. The van der Waals surface area contributed by atoms with E-state index >= 15 is 0 Å². The summed E-state index contributed by atoms with van der Waals surface area (Å²) in [6.07, 6.45) is 0. The molecule has 0 atom stereocenters. The summed E-state index contributed by atoms with van der Waals surface area (Å²) in [5, 5.41) is 0. The SMILES string of the molecule is Cc1c(C)c(C)[c-](C)c1C.[CH3-].[CH3-].[Ti+4].c1cc[cH-]c1. The van der Waals surface area contributed by atoms with E-state index in [-0.39, 0.29) is 36.6 Å². The van der Waals surface area contributed by atoms with Crippen molar-refractivity contribution in [3.8, 4) is 0 Å². The predicted molar refractivity (Wildman–Crippen MR) is 80.6 cm³/mol. The van der Waals surface area contributed by atoms with E-state index in [9.17, 15) is 0 Å². The molecule has 0 saturated heterocycles. The zero-order valence-electron chi connectivity index (χ0n) is 12.9. The molecule has 18 heavy (non-hydrogen) atoms. The topological polar surface area (TPSA) is 0 Å². The molecule has 0 unspecified atom stereocenters. The van der Waals surface area contributed by atoms with Crippen LogP contribution in [0.25, 0.3) is 0 Å². The van der Waals surface area contributed by atoms with Gasteiger partial charge in [-0.2, -0.15) is 46.0 Å². The number of hydrogen-bond acceptors (Lipinski definition) is 0. The second-order valence-electron chi connectivity index (χ2n) is 4.09. The average molecular weight is 278 g/mol. The molecule has 0 amide bonds. The fourth-order valence-electron chi connectivity index (χ4n) is 1.73. The van der Waals surface area contributed by atoms with Gasteiger partial charge in [0.1, 0.15) is 0 Å². The summed E-state index contributed by atoms with van der Waals surface area (Å²) in [6, 6.07) is 10.0. The van der Waals surface area contributed by atoms with Crippen LogP contribution in [0.3, 0.4) is 0 Å². The van der Waals surface area contributed by atoms with E-state index in [0.29, 0.717) is 0 Å². The van der Waals surface area contributed by atoms with Gasteiger partial charge in [0.15, 0.2) is 0 Å². The van der Waals surface area contributed by atoms with Crippen LogP contribution in [0.2, 0.25) is 0 Å². The van der Waals surface area contributed by atoms with Crippen LogP contribution >= 0.6 is 0 Å². The van der Waals surface area contributed by atoms with Crippen molar-refractivity contribution in [3.05, 3.63) is 73.0 Å². The van der Waals surface area contributed by atoms with Crippen LogP contribution in [0, 0.1) is 49.5 Å². The van der Waals surface area contributed by atoms with E-state index in [4.69, 9.17) is 0 Å². The van der Waals surface area contributed by atoms with Gasteiger partial charge in [0, 0.05) is 0 Å². The minimum Gasteiger partial charge on any atom is -0.358 e. The molecule has 1 heteroatoms. The van der Waals surface area contributed by atoms with Crippen LogP contribution in [0.1, 0.15) is 27.8 Å². The van der Waals surface area contributed by atoms with Gasteiger partial charge in [-0.05, 0) is 0 Å². The molecular formula is C17H26Ti. The third-order valence-electron chi connectivity index (χ3n) is 3.37. The van der Waals surface area contributed by atoms with E-state index in [1.807, 2.05) is 30.3 Å². The fraction of sp³-hybridized carbons (Fsp3) is 0.294. The molecule has 0 N–H and O–H groups in total. The van der Waals surface area contributed by atoms with Crippen LogP contribution in [-0.4, -0.2) is 0 Å². The van der Waals surface area contributed by atoms with Crippen molar-refractivity contribution in [3.63, 3.8) is 0 Å². The molecule has 0 aliphatic rings. The smallest absolute Gasteiger partial charge is 0.358 e. The molecule has 0 spiro atoms. The van der Waals surface area contributed by atoms with Crippen molar-refractivity contribution < 1.29 is 21.7 Å². The number of hydrogen-bond donors (Lipinski definition) is 0. The fourth-order valence-corrected chi connectivity index (χ4v) is 1.73. The summed E-state index contributed by atoms with van der Waals surface area (Å²) >= 11 is 0. The largest absolute Gasteiger partial charge is 4.00 e. The van der Waals surface area contributed by atoms with Crippen molar-refractivity contribution in [2.24, 2.45) is 0 Å². The summed E-state index contributed by atoms with van der Waals surface area (Å²) in [4.78, 5) is 0. The van der Waals surface area contributed by atoms with Crippen LogP contribution in [0.15, 0.2) is 30.3 Å². The van der Waals surface area contributed by atoms with Crippen LogP contribution < -0.4 is 0 Å². The van der Waals surface area contributed by atoms with E-state index < -0.39 is 0 Å². The van der Waals surface area contributed by atoms with Gasteiger partial charge in [0.2, 0.25) is 0 Å². The molecule has 0 radical (unpaired) electrons. The zero-order valence-corrected chi connectivity index (χ0v) is 14.4. The maximum absolute atomic E-state index is 2.20. The molecule has 2 aromatic carbocycles. The van der Waals surface area contributed by atoms with E-state index in [2.05, 4.69) is 34.6 Å². The Labute approximate surface area is 129 Å². The van der Waals surface area contributed by atoms with Crippen LogP contribution in [0.4, 0.5) is 0 Å². The predicted octanol–water partition coefficient (Wildman–Crippen LogP) is 5.25. The minimum absolute atomic E-state index is 0. The molecule has 0 aliphatic carbocycles. The first kappa shape index (κ1) is 22.6. The van der Waals surface area contributed by atoms with E-state index in [1.165, 1.54) is 27.8 Å². The summed E-state index contributed by atoms with van der Waals surface area (Å²) in [5.74, 6) is 0. The molecule has 98 valence electrons. The molecule has 0 aliphatic heterocycles. The second-order valence-corrected chi connectivity index (χ2v) is 4.09. The first-order chi connectivity index (χ1) is 7.05. The van der Waals surface area contributed by atoms with Gasteiger partial charge in [-0.1, -0.05) is 34.6 Å². The van der Waals surface area contributed by atoms with E-state index in [0.717, 1.165) is 0 Å². The van der Waals surface area contributed by atoms with E-state index in [1.54, 1.807) is 0 Å². The molecule has 0 saturated carbocycles. The standard InChI is InChI=1S/C10H15.C5H5.2CH3.Ti/c1-6-7(2)9(4)10(5)8(6)3;1-2-4-5-3-1;;;/h1-5H3;1-5H;2*1H3;/q4*-1;+4. The van der Waals surface area contributed by atoms with Crippen LogP contribution in [0.5, 0.6) is 0 Å². The Morgan fingerprint density at radius 1 is 0.833 bits per heavy atom. The second kappa shape index (κ2) is 10.3. The van der Waals surface area contributed by atoms with Gasteiger partial charge in [-0.15, -0.1) is 0 Å². The van der Waals surface area contributed by atoms with Crippen molar-refractivity contribution >= 4 is 0 Å². The van der Waals surface area contributed by atoms with Gasteiger partial charge in [0.05, 0.1) is 0 Å². The number of rotatable bonds is 0. The Kier molecular flexibility index (Phi) is 13.0. The molecule has 0 heterocycles. The Balaban J connectivity index is -0.000000245. The Morgan fingerprint density at radius 3 is 1.28 bits per heavy atom. The first-order valence-electron chi connectivity index (χ1n) is 5.42. The maximum atomic E-state index is 2.20. The summed E-state index contributed by atoms with van der Waals surface area (Å²) < 4.78 is 0. The Bertz CT molecular complexity index is 308. The van der Waals surface area contributed by atoms with Crippen molar-refractivity contribution in [1.29, 1.82) is 0 Å². The quantitative estimate of drug-likeness (QED) is 0.456. The Hall–Kier alpha value is -0.586. The molecule has 0 nitrogen and oxygen atoms in total. The molecule has 0 bridgehead atoms. The first-order valence-corrected chi connectivity index (χ1v) is 5.42. The monoisotopic (exact) mass is 278 g/mol. The van der Waals surface area contributed by atoms with Crippen molar-refractivity contribution in [2.45, 2.75) is 34.6 Å². The molecule has 0 fully saturated rings. The van der Waals surface area contributed by atoms with Gasteiger partial charge in [-0.3, -0.25) is 0 Å².